The first-order valence-corrected chi connectivity index (χ1v) is 5.22. The Morgan fingerprint density at radius 1 is 1.20 bits per heavy atom. The molecule has 0 spiro atoms. The quantitative estimate of drug-likeness (QED) is 0.706. The number of benzene rings is 1. The van der Waals surface area contributed by atoms with Crippen LogP contribution < -0.4 is 0 Å². The van der Waals surface area contributed by atoms with E-state index in [9.17, 15) is 9.59 Å². The minimum absolute atomic E-state index is 0.0227. The number of hydrogen-bond donors (Lipinski definition) is 0. The largest absolute Gasteiger partial charge is 0.294 e. The summed E-state index contributed by atoms with van der Waals surface area (Å²) < 4.78 is 0. The highest BCUT2D eigenvalue weighted by molar-refractivity contribution is 6.08. The summed E-state index contributed by atoms with van der Waals surface area (Å²) in [5.41, 5.74) is 1.09. The SMILES string of the molecule is CCC(C)C(=O)c1ccccc1C(C)=O. The van der Waals surface area contributed by atoms with E-state index < -0.39 is 0 Å². The Hall–Kier alpha value is -1.44. The maximum absolute atomic E-state index is 11.9. The molecule has 1 atom stereocenters. The fraction of sp³-hybridized carbons (Fsp3) is 0.385. The smallest absolute Gasteiger partial charge is 0.166 e. The van der Waals surface area contributed by atoms with Gasteiger partial charge in [-0.1, -0.05) is 38.1 Å². The average Bonchev–Trinajstić information content (AvgIpc) is 2.27. The van der Waals surface area contributed by atoms with Gasteiger partial charge in [0.15, 0.2) is 11.6 Å². The van der Waals surface area contributed by atoms with Crippen molar-refractivity contribution in [1.82, 2.24) is 0 Å². The highest BCUT2D eigenvalue weighted by atomic mass is 16.1. The molecule has 0 aromatic heterocycles. The van der Waals surface area contributed by atoms with E-state index >= 15 is 0 Å². The second-order valence-electron chi connectivity index (χ2n) is 3.78. The van der Waals surface area contributed by atoms with Gasteiger partial charge < -0.3 is 0 Å². The topological polar surface area (TPSA) is 34.1 Å². The second kappa shape index (κ2) is 4.87. The highest BCUT2D eigenvalue weighted by Crippen LogP contribution is 2.16. The van der Waals surface area contributed by atoms with E-state index in [2.05, 4.69) is 0 Å². The summed E-state index contributed by atoms with van der Waals surface area (Å²) in [6.07, 6.45) is 0.797. The molecule has 1 aromatic rings. The number of Topliss-reactive ketones (excluding diaryl/α,β-unsaturated/α-hetero) is 2. The molecule has 2 heteroatoms. The Labute approximate surface area is 90.3 Å². The first-order chi connectivity index (χ1) is 7.07. The Morgan fingerprint density at radius 2 is 1.73 bits per heavy atom. The summed E-state index contributed by atoms with van der Waals surface area (Å²) in [4.78, 5) is 23.3. The van der Waals surface area contributed by atoms with Gasteiger partial charge in [0.1, 0.15) is 0 Å². The van der Waals surface area contributed by atoms with Crippen molar-refractivity contribution < 1.29 is 9.59 Å². The lowest BCUT2D eigenvalue weighted by atomic mass is 9.92. The van der Waals surface area contributed by atoms with Gasteiger partial charge in [0, 0.05) is 17.0 Å². The normalized spacial score (nSPS) is 12.2. The molecule has 2 nitrogen and oxygen atoms in total. The van der Waals surface area contributed by atoms with E-state index in [1.807, 2.05) is 13.8 Å². The van der Waals surface area contributed by atoms with Gasteiger partial charge in [0.05, 0.1) is 0 Å². The van der Waals surface area contributed by atoms with E-state index in [1.54, 1.807) is 24.3 Å². The molecule has 0 radical (unpaired) electrons. The molecule has 0 N–H and O–H groups in total. The zero-order valence-corrected chi connectivity index (χ0v) is 9.41. The molecule has 0 aliphatic carbocycles. The summed E-state index contributed by atoms with van der Waals surface area (Å²) in [6.45, 7) is 5.35. The van der Waals surface area contributed by atoms with E-state index in [4.69, 9.17) is 0 Å². The molecule has 0 bridgehead atoms. The van der Waals surface area contributed by atoms with Crippen molar-refractivity contribution in [3.05, 3.63) is 35.4 Å². The van der Waals surface area contributed by atoms with Crippen molar-refractivity contribution in [2.75, 3.05) is 0 Å². The van der Waals surface area contributed by atoms with Crippen LogP contribution in [0.5, 0.6) is 0 Å². The second-order valence-corrected chi connectivity index (χ2v) is 3.78. The zero-order chi connectivity index (χ0) is 11.4. The van der Waals surface area contributed by atoms with Crippen LogP contribution in [0.4, 0.5) is 0 Å². The fourth-order valence-electron chi connectivity index (χ4n) is 1.46. The molecule has 0 saturated carbocycles. The van der Waals surface area contributed by atoms with E-state index in [0.29, 0.717) is 11.1 Å². The van der Waals surface area contributed by atoms with Crippen molar-refractivity contribution in [3.8, 4) is 0 Å². The first kappa shape index (κ1) is 11.6. The third-order valence-corrected chi connectivity index (χ3v) is 2.63. The van der Waals surface area contributed by atoms with E-state index in [1.165, 1.54) is 6.92 Å². The van der Waals surface area contributed by atoms with Gasteiger partial charge in [-0.25, -0.2) is 0 Å². The zero-order valence-electron chi connectivity index (χ0n) is 9.41. The predicted molar refractivity (Wildman–Crippen MR) is 60.2 cm³/mol. The molecule has 0 fully saturated rings. The van der Waals surface area contributed by atoms with Gasteiger partial charge in [-0.15, -0.1) is 0 Å². The molecule has 0 aliphatic rings. The number of carbonyl (C=O) groups is 2. The number of rotatable bonds is 4. The summed E-state index contributed by atoms with van der Waals surface area (Å²) >= 11 is 0. The highest BCUT2D eigenvalue weighted by Gasteiger charge is 2.17. The minimum Gasteiger partial charge on any atom is -0.294 e. The van der Waals surface area contributed by atoms with Crippen molar-refractivity contribution in [2.24, 2.45) is 5.92 Å². The lowest BCUT2D eigenvalue weighted by Gasteiger charge is -2.10. The van der Waals surface area contributed by atoms with Crippen LogP contribution in [0.25, 0.3) is 0 Å². The van der Waals surface area contributed by atoms with Crippen molar-refractivity contribution in [3.63, 3.8) is 0 Å². The van der Waals surface area contributed by atoms with Crippen LogP contribution in [0, 0.1) is 5.92 Å². The molecule has 0 heterocycles. The molecule has 0 saturated heterocycles. The van der Waals surface area contributed by atoms with Crippen molar-refractivity contribution >= 4 is 11.6 Å². The Kier molecular flexibility index (Phi) is 3.78. The van der Waals surface area contributed by atoms with Gasteiger partial charge in [0.2, 0.25) is 0 Å². The van der Waals surface area contributed by atoms with Crippen LogP contribution in [0.15, 0.2) is 24.3 Å². The molecular weight excluding hydrogens is 188 g/mol. The van der Waals surface area contributed by atoms with Gasteiger partial charge in [0.25, 0.3) is 0 Å². The number of hydrogen-bond acceptors (Lipinski definition) is 2. The Bertz CT molecular complexity index is 380. The van der Waals surface area contributed by atoms with Gasteiger partial charge in [-0.2, -0.15) is 0 Å². The number of carbonyl (C=O) groups excluding carboxylic acids is 2. The number of ketones is 2. The van der Waals surface area contributed by atoms with Crippen molar-refractivity contribution in [2.45, 2.75) is 27.2 Å². The fourth-order valence-corrected chi connectivity index (χ4v) is 1.46. The van der Waals surface area contributed by atoms with E-state index in [0.717, 1.165) is 6.42 Å². The summed E-state index contributed by atoms with van der Waals surface area (Å²) in [5, 5.41) is 0. The standard InChI is InChI=1S/C13H16O2/c1-4-9(2)13(15)12-8-6-5-7-11(12)10(3)14/h5-9H,4H2,1-3H3. The maximum atomic E-state index is 11.9. The molecule has 1 unspecified atom stereocenters. The molecule has 15 heavy (non-hydrogen) atoms. The minimum atomic E-state index is -0.0535. The van der Waals surface area contributed by atoms with Gasteiger partial charge in [-0.05, 0) is 13.3 Å². The van der Waals surface area contributed by atoms with Crippen molar-refractivity contribution in [1.29, 1.82) is 0 Å². The van der Waals surface area contributed by atoms with Crippen LogP contribution in [-0.4, -0.2) is 11.6 Å². The lowest BCUT2D eigenvalue weighted by Crippen LogP contribution is -2.14. The van der Waals surface area contributed by atoms with Crippen LogP contribution in [-0.2, 0) is 0 Å². The monoisotopic (exact) mass is 204 g/mol. The third kappa shape index (κ3) is 2.52. The maximum Gasteiger partial charge on any atom is 0.166 e. The van der Waals surface area contributed by atoms with Gasteiger partial charge >= 0.3 is 0 Å². The van der Waals surface area contributed by atoms with Crippen LogP contribution in [0.1, 0.15) is 47.9 Å². The summed E-state index contributed by atoms with van der Waals surface area (Å²) in [7, 11) is 0. The van der Waals surface area contributed by atoms with Crippen LogP contribution in [0.3, 0.4) is 0 Å². The van der Waals surface area contributed by atoms with Gasteiger partial charge in [-0.3, -0.25) is 9.59 Å². The van der Waals surface area contributed by atoms with E-state index in [-0.39, 0.29) is 17.5 Å². The first-order valence-electron chi connectivity index (χ1n) is 5.22. The predicted octanol–water partition coefficient (Wildman–Crippen LogP) is 3.12. The average molecular weight is 204 g/mol. The Balaban J connectivity index is 3.13. The molecule has 80 valence electrons. The molecule has 0 amide bonds. The summed E-state index contributed by atoms with van der Waals surface area (Å²) in [6, 6.07) is 7.01. The molecule has 1 aromatic carbocycles. The van der Waals surface area contributed by atoms with Crippen LogP contribution in [0.2, 0.25) is 0 Å². The van der Waals surface area contributed by atoms with Crippen LogP contribution >= 0.6 is 0 Å². The third-order valence-electron chi connectivity index (χ3n) is 2.63. The molecular formula is C13H16O2. The molecule has 1 rings (SSSR count). The Morgan fingerprint density at radius 3 is 2.20 bits per heavy atom. The molecule has 0 aliphatic heterocycles. The lowest BCUT2D eigenvalue weighted by molar-refractivity contribution is 0.0916. The summed E-state index contributed by atoms with van der Waals surface area (Å²) in [5.74, 6) is -0.0175.